The number of fused-ring (bicyclic) bond motifs is 1. The summed E-state index contributed by atoms with van der Waals surface area (Å²) >= 11 is 1.54. The molecule has 23 heavy (non-hydrogen) atoms. The summed E-state index contributed by atoms with van der Waals surface area (Å²) in [6, 6.07) is 5.90. The van der Waals surface area contributed by atoms with E-state index in [0.29, 0.717) is 19.7 Å². The molecule has 8 heteroatoms. The molecule has 1 aromatic heterocycles. The lowest BCUT2D eigenvalue weighted by molar-refractivity contribution is 0.145. The summed E-state index contributed by atoms with van der Waals surface area (Å²) in [7, 11) is 0. The maximum Gasteiger partial charge on any atom is 0.414 e. The van der Waals surface area contributed by atoms with Crippen molar-refractivity contribution < 1.29 is 14.4 Å². The van der Waals surface area contributed by atoms with Crippen molar-refractivity contribution in [3.8, 4) is 0 Å². The maximum absolute atomic E-state index is 12.0. The van der Waals surface area contributed by atoms with Gasteiger partial charge in [-0.15, -0.1) is 0 Å². The lowest BCUT2D eigenvalue weighted by Gasteiger charge is -2.13. The van der Waals surface area contributed by atoms with Crippen LogP contribution in [0.5, 0.6) is 0 Å². The molecule has 1 fully saturated rings. The van der Waals surface area contributed by atoms with Crippen LogP contribution in [0.3, 0.4) is 0 Å². The molecule has 0 aliphatic carbocycles. The number of anilines is 1. The molecular formula is C15H20N4O3S. The van der Waals surface area contributed by atoms with Crippen LogP contribution in [0.25, 0.3) is 10.2 Å². The highest BCUT2D eigenvalue weighted by Crippen LogP contribution is 2.27. The number of aromatic nitrogens is 1. The van der Waals surface area contributed by atoms with Crippen molar-refractivity contribution in [3.05, 3.63) is 23.0 Å². The van der Waals surface area contributed by atoms with E-state index >= 15 is 0 Å². The lowest BCUT2D eigenvalue weighted by Crippen LogP contribution is -2.27. The van der Waals surface area contributed by atoms with E-state index in [0.717, 1.165) is 27.3 Å². The molecule has 2 aromatic rings. The van der Waals surface area contributed by atoms with Crippen LogP contribution in [0.1, 0.15) is 13.8 Å². The van der Waals surface area contributed by atoms with E-state index in [9.17, 15) is 4.79 Å². The third-order valence-electron chi connectivity index (χ3n) is 3.70. The molecule has 1 aromatic carbocycles. The van der Waals surface area contributed by atoms with Gasteiger partial charge in [-0.2, -0.15) is 0 Å². The molecule has 1 aliphatic rings. The van der Waals surface area contributed by atoms with Gasteiger partial charge < -0.3 is 19.9 Å². The summed E-state index contributed by atoms with van der Waals surface area (Å²) in [6.45, 7) is 6.11. The predicted octanol–water partition coefficient (Wildman–Crippen LogP) is 1.86. The molecule has 0 spiro atoms. The van der Waals surface area contributed by atoms with Crippen LogP contribution in [0.15, 0.2) is 23.4 Å². The minimum atomic E-state index is -0.348. The second-order valence-electron chi connectivity index (χ2n) is 5.14. The fourth-order valence-corrected chi connectivity index (χ4v) is 3.67. The van der Waals surface area contributed by atoms with Crippen molar-refractivity contribution in [2.24, 2.45) is 10.9 Å². The van der Waals surface area contributed by atoms with Gasteiger partial charge in [0.15, 0.2) is 0 Å². The first kappa shape index (κ1) is 15.8. The molecule has 1 atom stereocenters. The van der Waals surface area contributed by atoms with E-state index in [-0.39, 0.29) is 12.2 Å². The quantitative estimate of drug-likeness (QED) is 0.845. The predicted molar refractivity (Wildman–Crippen MR) is 89.3 cm³/mol. The van der Waals surface area contributed by atoms with Crippen molar-refractivity contribution in [2.45, 2.75) is 26.5 Å². The first-order valence-corrected chi connectivity index (χ1v) is 8.47. The van der Waals surface area contributed by atoms with E-state index in [1.54, 1.807) is 4.90 Å². The number of cyclic esters (lactones) is 1. The summed E-state index contributed by atoms with van der Waals surface area (Å²) in [6.07, 6.45) is -0.593. The molecule has 0 radical (unpaired) electrons. The van der Waals surface area contributed by atoms with Crippen LogP contribution in [-0.2, 0) is 16.1 Å². The zero-order valence-corrected chi connectivity index (χ0v) is 14.0. The van der Waals surface area contributed by atoms with Crippen LogP contribution >= 0.6 is 11.3 Å². The van der Waals surface area contributed by atoms with Crippen molar-refractivity contribution in [1.82, 2.24) is 4.57 Å². The average molecular weight is 336 g/mol. The Bertz CT molecular complexity index is 783. The molecule has 0 saturated carbocycles. The molecule has 1 saturated heterocycles. The van der Waals surface area contributed by atoms with Gasteiger partial charge in [0.25, 0.3) is 0 Å². The van der Waals surface area contributed by atoms with Gasteiger partial charge in [-0.3, -0.25) is 4.90 Å². The van der Waals surface area contributed by atoms with E-state index in [1.807, 2.05) is 25.1 Å². The summed E-state index contributed by atoms with van der Waals surface area (Å²) in [4.78, 5) is 19.6. The molecule has 3 rings (SSSR count). The number of carbonyl (C=O) groups excluding carboxylic acids is 1. The average Bonchev–Trinajstić information content (AvgIpc) is 3.11. The number of benzene rings is 1. The molecule has 2 N–H and O–H groups in total. The summed E-state index contributed by atoms with van der Waals surface area (Å²) in [5, 5.41) is 4.16. The molecule has 1 amide bonds. The molecule has 0 unspecified atom stereocenters. The Hall–Kier alpha value is -2.06. The Labute approximate surface area is 137 Å². The van der Waals surface area contributed by atoms with Crippen molar-refractivity contribution >= 4 is 33.3 Å². The number of amides is 1. The van der Waals surface area contributed by atoms with Crippen LogP contribution in [0.2, 0.25) is 0 Å². The fraction of sp³-hybridized carbons (Fsp3) is 0.467. The van der Waals surface area contributed by atoms with Crippen LogP contribution in [0.4, 0.5) is 10.5 Å². The van der Waals surface area contributed by atoms with Gasteiger partial charge in [0.2, 0.25) is 4.80 Å². The standard InChI is InChI=1S/C15H20N4O3S/c1-3-18-12-6-5-10(19-9-11(8-16)22-15(19)20)7-13(12)23-14(18)17-21-4-2/h5-7,11H,3-4,8-9,16H2,1-2H3/t11-/m1/s1. The lowest BCUT2D eigenvalue weighted by atomic mass is 10.2. The number of hydrogen-bond acceptors (Lipinski definition) is 6. The Balaban J connectivity index is 2.01. The summed E-state index contributed by atoms with van der Waals surface area (Å²) in [5.74, 6) is 0. The van der Waals surface area contributed by atoms with Crippen LogP contribution < -0.4 is 15.4 Å². The topological polar surface area (TPSA) is 82.1 Å². The highest BCUT2D eigenvalue weighted by atomic mass is 32.1. The summed E-state index contributed by atoms with van der Waals surface area (Å²) in [5.41, 5.74) is 7.47. The number of thiazole rings is 1. The molecular weight excluding hydrogens is 316 g/mol. The van der Waals surface area contributed by atoms with Crippen molar-refractivity contribution in [2.75, 3.05) is 24.6 Å². The Morgan fingerprint density at radius 3 is 2.96 bits per heavy atom. The molecule has 0 bridgehead atoms. The minimum Gasteiger partial charge on any atom is -0.443 e. The SMILES string of the molecule is CCON=c1sc2cc(N3C[C@@H](CN)OC3=O)ccc2n1CC. The zero-order chi connectivity index (χ0) is 16.4. The number of hydrogen-bond donors (Lipinski definition) is 1. The third kappa shape index (κ3) is 2.91. The Morgan fingerprint density at radius 1 is 1.48 bits per heavy atom. The first-order valence-electron chi connectivity index (χ1n) is 7.65. The normalized spacial score (nSPS) is 18.7. The van der Waals surface area contributed by atoms with Crippen LogP contribution in [-0.4, -0.2) is 36.5 Å². The Kier molecular flexibility index (Phi) is 4.53. The van der Waals surface area contributed by atoms with E-state index in [1.165, 1.54) is 11.3 Å². The van der Waals surface area contributed by atoms with E-state index in [4.69, 9.17) is 15.3 Å². The smallest absolute Gasteiger partial charge is 0.414 e. The molecule has 124 valence electrons. The minimum absolute atomic E-state index is 0.245. The number of nitrogens with two attached hydrogens (primary N) is 1. The number of aryl methyl sites for hydroxylation is 1. The summed E-state index contributed by atoms with van der Waals surface area (Å²) < 4.78 is 8.35. The van der Waals surface area contributed by atoms with Crippen molar-refractivity contribution in [1.29, 1.82) is 0 Å². The molecule has 7 nitrogen and oxygen atoms in total. The van der Waals surface area contributed by atoms with Gasteiger partial charge >= 0.3 is 6.09 Å². The monoisotopic (exact) mass is 336 g/mol. The van der Waals surface area contributed by atoms with Crippen LogP contribution in [0, 0.1) is 0 Å². The zero-order valence-electron chi connectivity index (χ0n) is 13.2. The van der Waals surface area contributed by atoms with Gasteiger partial charge in [-0.05, 0) is 32.0 Å². The van der Waals surface area contributed by atoms with Gasteiger partial charge in [0, 0.05) is 18.8 Å². The number of ether oxygens (including phenoxy) is 1. The van der Waals surface area contributed by atoms with E-state index in [2.05, 4.69) is 16.6 Å². The number of carbonyl (C=O) groups is 1. The van der Waals surface area contributed by atoms with Gasteiger partial charge in [0.1, 0.15) is 12.7 Å². The molecule has 2 heterocycles. The fourth-order valence-electron chi connectivity index (χ4n) is 2.58. The molecule has 1 aliphatic heterocycles. The van der Waals surface area contributed by atoms with E-state index < -0.39 is 0 Å². The second kappa shape index (κ2) is 6.59. The third-order valence-corrected chi connectivity index (χ3v) is 4.73. The van der Waals surface area contributed by atoms with Gasteiger partial charge in [-0.1, -0.05) is 16.5 Å². The largest absolute Gasteiger partial charge is 0.443 e. The second-order valence-corrected chi connectivity index (χ2v) is 6.15. The van der Waals surface area contributed by atoms with Crippen molar-refractivity contribution in [3.63, 3.8) is 0 Å². The highest BCUT2D eigenvalue weighted by Gasteiger charge is 2.31. The Morgan fingerprint density at radius 2 is 2.30 bits per heavy atom. The number of nitrogens with zero attached hydrogens (tertiary/aromatic N) is 3. The number of rotatable bonds is 5. The first-order chi connectivity index (χ1) is 11.2. The maximum atomic E-state index is 12.0. The van der Waals surface area contributed by atoms with Gasteiger partial charge in [0.05, 0.1) is 16.8 Å². The van der Waals surface area contributed by atoms with Gasteiger partial charge in [-0.25, -0.2) is 4.79 Å². The highest BCUT2D eigenvalue weighted by molar-refractivity contribution is 7.16.